The molecule has 110 valence electrons. The van der Waals surface area contributed by atoms with Gasteiger partial charge in [-0.25, -0.2) is 4.79 Å². The minimum absolute atomic E-state index is 0.0976. The third-order valence-electron chi connectivity index (χ3n) is 2.72. The van der Waals surface area contributed by atoms with Crippen molar-refractivity contribution in [1.82, 2.24) is 5.32 Å². The predicted molar refractivity (Wildman–Crippen MR) is 76.9 cm³/mol. The fourth-order valence-corrected chi connectivity index (χ4v) is 1.85. The Morgan fingerprint density at radius 2 is 2.14 bits per heavy atom. The van der Waals surface area contributed by atoms with Gasteiger partial charge in [0.15, 0.2) is 5.76 Å². The van der Waals surface area contributed by atoms with Crippen molar-refractivity contribution in [3.8, 4) is 0 Å². The minimum Gasteiger partial charge on any atom is -0.459 e. The van der Waals surface area contributed by atoms with E-state index in [4.69, 9.17) is 20.8 Å². The highest BCUT2D eigenvalue weighted by molar-refractivity contribution is 6.30. The largest absolute Gasteiger partial charge is 0.459 e. The Morgan fingerprint density at radius 1 is 1.33 bits per heavy atom. The van der Waals surface area contributed by atoms with E-state index < -0.39 is 17.9 Å². The van der Waals surface area contributed by atoms with E-state index in [1.54, 1.807) is 37.3 Å². The summed E-state index contributed by atoms with van der Waals surface area (Å²) in [5.41, 5.74) is 0.778. The highest BCUT2D eigenvalue weighted by Crippen LogP contribution is 2.11. The van der Waals surface area contributed by atoms with Crippen LogP contribution in [0.15, 0.2) is 47.1 Å². The van der Waals surface area contributed by atoms with Gasteiger partial charge in [-0.15, -0.1) is 0 Å². The Bertz CT molecular complexity index is 624. The van der Waals surface area contributed by atoms with Crippen molar-refractivity contribution in [3.63, 3.8) is 0 Å². The Labute approximate surface area is 126 Å². The van der Waals surface area contributed by atoms with Crippen LogP contribution in [0.4, 0.5) is 0 Å². The van der Waals surface area contributed by atoms with Gasteiger partial charge >= 0.3 is 5.97 Å². The quantitative estimate of drug-likeness (QED) is 0.862. The summed E-state index contributed by atoms with van der Waals surface area (Å²) >= 11 is 5.84. The minimum atomic E-state index is -0.776. The zero-order valence-corrected chi connectivity index (χ0v) is 12.1. The molecule has 6 heteroatoms. The maximum atomic E-state index is 11.8. The number of carbonyl (C=O) groups is 2. The summed E-state index contributed by atoms with van der Waals surface area (Å²) < 4.78 is 10.1. The number of hydrogen-bond donors (Lipinski definition) is 1. The van der Waals surface area contributed by atoms with Gasteiger partial charge in [-0.05, 0) is 36.8 Å². The van der Waals surface area contributed by atoms with Gasteiger partial charge in [0.25, 0.3) is 5.91 Å². The molecule has 0 saturated carbocycles. The Kier molecular flexibility index (Phi) is 5.00. The number of carbonyl (C=O) groups excluding carboxylic acids is 2. The van der Waals surface area contributed by atoms with Crippen molar-refractivity contribution in [2.45, 2.75) is 19.6 Å². The summed E-state index contributed by atoms with van der Waals surface area (Å²) in [5.74, 6) is -0.855. The first-order chi connectivity index (χ1) is 10.1. The lowest BCUT2D eigenvalue weighted by atomic mass is 10.2. The van der Waals surface area contributed by atoms with E-state index in [-0.39, 0.29) is 12.4 Å². The van der Waals surface area contributed by atoms with Crippen LogP contribution >= 0.6 is 11.6 Å². The average molecular weight is 308 g/mol. The van der Waals surface area contributed by atoms with Gasteiger partial charge in [0.05, 0.1) is 6.26 Å². The molecule has 21 heavy (non-hydrogen) atoms. The Hall–Kier alpha value is -2.27. The average Bonchev–Trinajstić information content (AvgIpc) is 2.99. The van der Waals surface area contributed by atoms with E-state index in [2.05, 4.69) is 5.32 Å². The van der Waals surface area contributed by atoms with E-state index in [1.807, 2.05) is 0 Å². The number of nitrogens with one attached hydrogen (secondary N) is 1. The number of hydrogen-bond acceptors (Lipinski definition) is 4. The fourth-order valence-electron chi connectivity index (χ4n) is 1.64. The van der Waals surface area contributed by atoms with Crippen LogP contribution in [-0.2, 0) is 16.1 Å². The van der Waals surface area contributed by atoms with Gasteiger partial charge in [0, 0.05) is 5.02 Å². The van der Waals surface area contributed by atoms with E-state index in [1.165, 1.54) is 12.3 Å². The number of furan rings is 1. The third kappa shape index (κ3) is 4.36. The van der Waals surface area contributed by atoms with Crippen LogP contribution in [0.5, 0.6) is 0 Å². The highest BCUT2D eigenvalue weighted by Gasteiger charge is 2.19. The molecule has 0 saturated heterocycles. The summed E-state index contributed by atoms with van der Waals surface area (Å²) in [6.07, 6.45) is 1.39. The van der Waals surface area contributed by atoms with Gasteiger partial charge in [-0.2, -0.15) is 0 Å². The topological polar surface area (TPSA) is 68.5 Å². The lowest BCUT2D eigenvalue weighted by Crippen LogP contribution is -2.39. The van der Waals surface area contributed by atoms with E-state index in [0.29, 0.717) is 5.02 Å². The van der Waals surface area contributed by atoms with Crippen molar-refractivity contribution in [3.05, 3.63) is 59.0 Å². The highest BCUT2D eigenvalue weighted by atomic mass is 35.5. The summed E-state index contributed by atoms with van der Waals surface area (Å²) in [6, 6.07) is 9.34. The number of benzene rings is 1. The van der Waals surface area contributed by atoms with Crippen molar-refractivity contribution in [2.24, 2.45) is 0 Å². The molecule has 1 aromatic carbocycles. The number of halogens is 1. The van der Waals surface area contributed by atoms with E-state index in [9.17, 15) is 9.59 Å². The third-order valence-corrected chi connectivity index (χ3v) is 2.95. The van der Waals surface area contributed by atoms with Crippen molar-refractivity contribution in [1.29, 1.82) is 0 Å². The number of rotatable bonds is 5. The van der Waals surface area contributed by atoms with Gasteiger partial charge in [0.1, 0.15) is 12.6 Å². The van der Waals surface area contributed by atoms with Crippen molar-refractivity contribution >= 4 is 23.5 Å². The van der Waals surface area contributed by atoms with Gasteiger partial charge in [0.2, 0.25) is 0 Å². The van der Waals surface area contributed by atoms with Crippen LogP contribution < -0.4 is 5.32 Å². The second kappa shape index (κ2) is 6.95. The fraction of sp³-hybridized carbons (Fsp3) is 0.200. The summed E-state index contributed by atoms with van der Waals surface area (Å²) in [5, 5.41) is 3.07. The SMILES string of the molecule is C[C@H](NC(=O)c1ccco1)C(=O)OCc1cccc(Cl)c1. The molecule has 0 unspecified atom stereocenters. The van der Waals surface area contributed by atoms with Gasteiger partial charge in [-0.1, -0.05) is 23.7 Å². The normalized spacial score (nSPS) is 11.7. The van der Waals surface area contributed by atoms with Crippen LogP contribution in [0.3, 0.4) is 0 Å². The Morgan fingerprint density at radius 3 is 2.81 bits per heavy atom. The summed E-state index contributed by atoms with van der Waals surface area (Å²) in [6.45, 7) is 1.64. The van der Waals surface area contributed by atoms with Crippen LogP contribution in [0.1, 0.15) is 23.0 Å². The van der Waals surface area contributed by atoms with E-state index in [0.717, 1.165) is 5.56 Å². The molecule has 5 nitrogen and oxygen atoms in total. The first kappa shape index (κ1) is 15.1. The van der Waals surface area contributed by atoms with Gasteiger partial charge in [-0.3, -0.25) is 4.79 Å². The zero-order valence-electron chi connectivity index (χ0n) is 11.3. The molecule has 0 aliphatic heterocycles. The molecule has 0 spiro atoms. The predicted octanol–water partition coefficient (Wildman–Crippen LogP) is 2.79. The molecule has 1 heterocycles. The van der Waals surface area contributed by atoms with Crippen LogP contribution in [-0.4, -0.2) is 17.9 Å². The zero-order chi connectivity index (χ0) is 15.2. The van der Waals surface area contributed by atoms with Crippen LogP contribution in [0.25, 0.3) is 0 Å². The smallest absolute Gasteiger partial charge is 0.328 e. The van der Waals surface area contributed by atoms with Crippen LogP contribution in [0, 0.1) is 0 Å². The molecule has 0 fully saturated rings. The van der Waals surface area contributed by atoms with E-state index >= 15 is 0 Å². The lowest BCUT2D eigenvalue weighted by molar-refractivity contribution is -0.146. The first-order valence-electron chi connectivity index (χ1n) is 6.31. The molecule has 1 atom stereocenters. The molecule has 1 N–H and O–H groups in total. The van der Waals surface area contributed by atoms with Crippen LogP contribution in [0.2, 0.25) is 5.02 Å². The molecule has 1 amide bonds. The number of amides is 1. The molecule has 0 radical (unpaired) electrons. The van der Waals surface area contributed by atoms with Crippen molar-refractivity contribution < 1.29 is 18.7 Å². The maximum absolute atomic E-state index is 11.8. The van der Waals surface area contributed by atoms with Gasteiger partial charge < -0.3 is 14.5 Å². The summed E-state index contributed by atoms with van der Waals surface area (Å²) in [7, 11) is 0. The standard InChI is InChI=1S/C15H14ClNO4/c1-10(17-14(18)13-6-3-7-20-13)15(19)21-9-11-4-2-5-12(16)8-11/h2-8,10H,9H2,1H3,(H,17,18)/t10-/m0/s1. The molecule has 2 aromatic rings. The number of esters is 1. The lowest BCUT2D eigenvalue weighted by Gasteiger charge is -2.12. The molecule has 0 aliphatic carbocycles. The monoisotopic (exact) mass is 307 g/mol. The second-order valence-electron chi connectivity index (χ2n) is 4.41. The molecule has 0 bridgehead atoms. The molecular weight excluding hydrogens is 294 g/mol. The molecule has 2 rings (SSSR count). The van der Waals surface area contributed by atoms with Crippen molar-refractivity contribution in [2.75, 3.05) is 0 Å². The maximum Gasteiger partial charge on any atom is 0.328 e. The molecule has 0 aliphatic rings. The second-order valence-corrected chi connectivity index (χ2v) is 4.85. The summed E-state index contributed by atoms with van der Waals surface area (Å²) in [4.78, 5) is 23.5. The molecule has 1 aromatic heterocycles. The molecular formula is C15H14ClNO4. The first-order valence-corrected chi connectivity index (χ1v) is 6.69. The Balaban J connectivity index is 1.84. The number of ether oxygens (including phenoxy) is 1.